The third-order valence-corrected chi connectivity index (χ3v) is 3.21. The van der Waals surface area contributed by atoms with Crippen molar-refractivity contribution in [3.05, 3.63) is 16.5 Å². The summed E-state index contributed by atoms with van der Waals surface area (Å²) < 4.78 is 0.846. The Morgan fingerprint density at radius 1 is 1.31 bits per heavy atom. The lowest BCUT2D eigenvalue weighted by atomic mass is 9.98. The van der Waals surface area contributed by atoms with Crippen LogP contribution in [-0.4, -0.2) is 16.5 Å². The first-order valence-corrected chi connectivity index (χ1v) is 6.59. The van der Waals surface area contributed by atoms with Gasteiger partial charge in [-0.25, -0.2) is 9.97 Å². The Bertz CT molecular complexity index is 339. The van der Waals surface area contributed by atoms with E-state index in [1.54, 1.807) is 0 Å². The van der Waals surface area contributed by atoms with Crippen molar-refractivity contribution in [2.45, 2.75) is 34.1 Å². The van der Waals surface area contributed by atoms with Gasteiger partial charge in [0.15, 0.2) is 0 Å². The van der Waals surface area contributed by atoms with Gasteiger partial charge in [0.1, 0.15) is 16.2 Å². The average molecular weight is 286 g/mol. The molecule has 0 saturated carbocycles. The van der Waals surface area contributed by atoms with Crippen molar-refractivity contribution in [1.82, 2.24) is 9.97 Å². The highest BCUT2D eigenvalue weighted by Crippen LogP contribution is 2.15. The number of aryl methyl sites for hydroxylation is 1. The second-order valence-electron chi connectivity index (χ2n) is 4.45. The zero-order valence-corrected chi connectivity index (χ0v) is 12.0. The largest absolute Gasteiger partial charge is 0.370 e. The van der Waals surface area contributed by atoms with Crippen molar-refractivity contribution in [3.8, 4) is 0 Å². The van der Waals surface area contributed by atoms with Crippen LogP contribution in [0.2, 0.25) is 0 Å². The van der Waals surface area contributed by atoms with Gasteiger partial charge >= 0.3 is 0 Å². The average Bonchev–Trinajstić information content (AvgIpc) is 2.24. The Balaban J connectivity index is 2.63. The van der Waals surface area contributed by atoms with Gasteiger partial charge in [0.25, 0.3) is 0 Å². The van der Waals surface area contributed by atoms with Crippen LogP contribution >= 0.6 is 15.9 Å². The summed E-state index contributed by atoms with van der Waals surface area (Å²) in [5.41, 5.74) is 0. The van der Waals surface area contributed by atoms with Gasteiger partial charge in [-0.1, -0.05) is 27.7 Å². The van der Waals surface area contributed by atoms with E-state index in [2.05, 4.69) is 58.9 Å². The van der Waals surface area contributed by atoms with E-state index in [0.717, 1.165) is 29.2 Å². The molecule has 4 heteroatoms. The summed E-state index contributed by atoms with van der Waals surface area (Å²) in [6, 6.07) is 1.92. The number of nitrogens with one attached hydrogen (secondary N) is 1. The molecule has 0 radical (unpaired) electrons. The molecule has 0 aliphatic carbocycles. The fraction of sp³-hybridized carbons (Fsp3) is 0.667. The smallest absolute Gasteiger partial charge is 0.131 e. The highest BCUT2D eigenvalue weighted by molar-refractivity contribution is 9.10. The van der Waals surface area contributed by atoms with Crippen molar-refractivity contribution < 1.29 is 0 Å². The molecule has 0 spiro atoms. The molecular weight excluding hydrogens is 266 g/mol. The zero-order valence-electron chi connectivity index (χ0n) is 10.4. The minimum Gasteiger partial charge on any atom is -0.370 e. The molecule has 0 bridgehead atoms. The molecule has 0 aliphatic heterocycles. The summed E-state index contributed by atoms with van der Waals surface area (Å²) in [6.07, 6.45) is 0.855. The normalized spacial score (nSPS) is 12.9. The van der Waals surface area contributed by atoms with Crippen LogP contribution in [-0.2, 0) is 6.42 Å². The Labute approximate surface area is 106 Å². The van der Waals surface area contributed by atoms with Crippen LogP contribution in [0.5, 0.6) is 0 Å². The van der Waals surface area contributed by atoms with Crippen molar-refractivity contribution in [2.75, 3.05) is 11.9 Å². The van der Waals surface area contributed by atoms with Gasteiger partial charge in [-0.2, -0.15) is 0 Å². The van der Waals surface area contributed by atoms with Crippen LogP contribution in [0.25, 0.3) is 0 Å². The van der Waals surface area contributed by atoms with E-state index in [4.69, 9.17) is 0 Å². The minimum absolute atomic E-state index is 0.638. The van der Waals surface area contributed by atoms with E-state index in [9.17, 15) is 0 Å². The predicted octanol–water partition coefficient (Wildman–Crippen LogP) is 3.51. The van der Waals surface area contributed by atoms with Crippen LogP contribution in [0, 0.1) is 11.8 Å². The number of rotatable bonds is 5. The maximum Gasteiger partial charge on any atom is 0.131 e. The molecule has 0 aromatic carbocycles. The number of hydrogen-bond donors (Lipinski definition) is 1. The molecule has 1 N–H and O–H groups in total. The topological polar surface area (TPSA) is 37.8 Å². The number of halogens is 1. The number of anilines is 1. The van der Waals surface area contributed by atoms with Gasteiger partial charge in [-0.15, -0.1) is 0 Å². The molecule has 1 heterocycles. The van der Waals surface area contributed by atoms with Crippen LogP contribution in [0.15, 0.2) is 10.7 Å². The maximum atomic E-state index is 4.43. The van der Waals surface area contributed by atoms with Crippen LogP contribution in [0.3, 0.4) is 0 Å². The minimum atomic E-state index is 0.638. The van der Waals surface area contributed by atoms with Crippen molar-refractivity contribution >= 4 is 21.7 Å². The van der Waals surface area contributed by atoms with E-state index >= 15 is 0 Å². The van der Waals surface area contributed by atoms with E-state index < -0.39 is 0 Å². The van der Waals surface area contributed by atoms with E-state index in [-0.39, 0.29) is 0 Å². The number of nitrogens with zero attached hydrogens (tertiary/aromatic N) is 2. The summed E-state index contributed by atoms with van der Waals surface area (Å²) in [6.45, 7) is 9.72. The zero-order chi connectivity index (χ0) is 12.1. The summed E-state index contributed by atoms with van der Waals surface area (Å²) >= 11 is 3.40. The molecule has 0 aliphatic rings. The molecule has 0 fully saturated rings. The predicted molar refractivity (Wildman–Crippen MR) is 71.6 cm³/mol. The quantitative estimate of drug-likeness (QED) is 0.842. The Kier molecular flexibility index (Phi) is 5.19. The highest BCUT2D eigenvalue weighted by atomic mass is 79.9. The molecule has 16 heavy (non-hydrogen) atoms. The monoisotopic (exact) mass is 285 g/mol. The molecule has 1 atom stereocenters. The van der Waals surface area contributed by atoms with E-state index in [1.165, 1.54) is 0 Å². The van der Waals surface area contributed by atoms with Gasteiger partial charge in [-0.05, 0) is 27.8 Å². The Morgan fingerprint density at radius 2 is 2.00 bits per heavy atom. The number of aromatic nitrogens is 2. The lowest BCUT2D eigenvalue weighted by molar-refractivity contribution is 0.439. The van der Waals surface area contributed by atoms with Crippen LogP contribution in [0.4, 0.5) is 5.82 Å². The Morgan fingerprint density at radius 3 is 2.56 bits per heavy atom. The lowest BCUT2D eigenvalue weighted by Crippen LogP contribution is -2.17. The summed E-state index contributed by atoms with van der Waals surface area (Å²) in [7, 11) is 0. The van der Waals surface area contributed by atoms with Gasteiger partial charge in [0, 0.05) is 19.0 Å². The van der Waals surface area contributed by atoms with E-state index in [1.807, 2.05) is 6.07 Å². The van der Waals surface area contributed by atoms with E-state index in [0.29, 0.717) is 11.8 Å². The molecule has 1 aromatic rings. The van der Waals surface area contributed by atoms with Crippen molar-refractivity contribution in [2.24, 2.45) is 11.8 Å². The van der Waals surface area contributed by atoms with Gasteiger partial charge < -0.3 is 5.32 Å². The third kappa shape index (κ3) is 4.08. The summed E-state index contributed by atoms with van der Waals surface area (Å²) in [5, 5.41) is 3.36. The van der Waals surface area contributed by atoms with Crippen LogP contribution in [0.1, 0.15) is 33.5 Å². The molecule has 1 aromatic heterocycles. The molecular formula is C12H20BrN3. The van der Waals surface area contributed by atoms with Crippen molar-refractivity contribution in [1.29, 1.82) is 0 Å². The third-order valence-electron chi connectivity index (χ3n) is 2.80. The first-order valence-electron chi connectivity index (χ1n) is 5.80. The summed E-state index contributed by atoms with van der Waals surface area (Å²) in [5.74, 6) is 3.10. The number of hydrogen-bond acceptors (Lipinski definition) is 3. The first kappa shape index (κ1) is 13.4. The SMILES string of the molecule is CCc1nc(Br)cc(NCC(C)C(C)C)n1. The lowest BCUT2D eigenvalue weighted by Gasteiger charge is -2.16. The van der Waals surface area contributed by atoms with Gasteiger partial charge in [0.05, 0.1) is 0 Å². The molecule has 1 unspecified atom stereocenters. The molecule has 1 rings (SSSR count). The fourth-order valence-corrected chi connectivity index (χ4v) is 1.64. The maximum absolute atomic E-state index is 4.43. The molecule has 3 nitrogen and oxygen atoms in total. The molecule has 0 saturated heterocycles. The first-order chi connectivity index (χ1) is 7.52. The highest BCUT2D eigenvalue weighted by Gasteiger charge is 2.07. The fourth-order valence-electron chi connectivity index (χ4n) is 1.21. The standard InChI is InChI=1S/C12H20BrN3/c1-5-11-15-10(13)6-12(16-11)14-7-9(4)8(2)3/h6,8-9H,5,7H2,1-4H3,(H,14,15,16). The Hall–Kier alpha value is -0.640. The molecule has 0 amide bonds. The van der Waals surface area contributed by atoms with Gasteiger partial charge in [0.2, 0.25) is 0 Å². The second-order valence-corrected chi connectivity index (χ2v) is 5.26. The second kappa shape index (κ2) is 6.18. The van der Waals surface area contributed by atoms with Gasteiger partial charge in [-0.3, -0.25) is 0 Å². The summed E-state index contributed by atoms with van der Waals surface area (Å²) in [4.78, 5) is 8.71. The van der Waals surface area contributed by atoms with Crippen LogP contribution < -0.4 is 5.32 Å². The van der Waals surface area contributed by atoms with Crippen molar-refractivity contribution in [3.63, 3.8) is 0 Å². The molecule has 90 valence electrons.